The molecule has 1 aromatic carbocycles. The minimum absolute atomic E-state index is 0.134. The number of hydrazine groups is 1. The summed E-state index contributed by atoms with van der Waals surface area (Å²) < 4.78 is 20.2. The predicted molar refractivity (Wildman–Crippen MR) is 98.8 cm³/mol. The summed E-state index contributed by atoms with van der Waals surface area (Å²) in [6.07, 6.45) is 5.12. The van der Waals surface area contributed by atoms with Gasteiger partial charge in [0.15, 0.2) is 18.3 Å². The van der Waals surface area contributed by atoms with Gasteiger partial charge in [-0.05, 0) is 37.1 Å². The van der Waals surface area contributed by atoms with Crippen LogP contribution in [0.1, 0.15) is 31.0 Å². The number of rotatable bonds is 2. The Morgan fingerprint density at radius 1 is 1.25 bits per heavy atom. The number of anilines is 1. The van der Waals surface area contributed by atoms with Gasteiger partial charge in [0.25, 0.3) is 0 Å². The maximum Gasteiger partial charge on any atom is 0.162 e. The van der Waals surface area contributed by atoms with E-state index in [-0.39, 0.29) is 6.67 Å². The van der Waals surface area contributed by atoms with Crippen molar-refractivity contribution >= 4 is 11.5 Å². The Labute approximate surface area is 160 Å². The van der Waals surface area contributed by atoms with Gasteiger partial charge in [0.1, 0.15) is 18.0 Å². The van der Waals surface area contributed by atoms with E-state index in [9.17, 15) is 4.48 Å². The lowest BCUT2D eigenvalue weighted by molar-refractivity contribution is 0.00789. The Balaban J connectivity index is 1.47. The van der Waals surface area contributed by atoms with E-state index < -0.39 is 5.60 Å². The van der Waals surface area contributed by atoms with Crippen LogP contribution in [0.3, 0.4) is 0 Å². The molecule has 6 rings (SSSR count). The number of nitrogens with zero attached hydrogens (tertiary/aromatic N) is 8. The quantitative estimate of drug-likeness (QED) is 0.732. The molecule has 10 heteroatoms. The minimum atomic E-state index is -0.449. The van der Waals surface area contributed by atoms with Gasteiger partial charge in [-0.2, -0.15) is 15.2 Å². The van der Waals surface area contributed by atoms with Gasteiger partial charge in [0, 0.05) is 12.2 Å². The molecule has 0 saturated carbocycles. The van der Waals surface area contributed by atoms with Crippen molar-refractivity contribution in [3.05, 3.63) is 53.7 Å². The Bertz CT molecular complexity index is 1010. The second-order valence-corrected chi connectivity index (χ2v) is 7.47. The molecule has 1 atom stereocenters. The monoisotopic (exact) mass is 382 g/mol. The Morgan fingerprint density at radius 2 is 2.14 bits per heavy atom. The molecular formula is C18H19FN8O. The highest BCUT2D eigenvalue weighted by Crippen LogP contribution is 2.40. The van der Waals surface area contributed by atoms with Crippen LogP contribution in [-0.2, 0) is 10.3 Å². The first-order valence-corrected chi connectivity index (χ1v) is 9.34. The van der Waals surface area contributed by atoms with E-state index in [4.69, 9.17) is 9.73 Å². The number of aliphatic imine (C=N–C) groups is 1. The summed E-state index contributed by atoms with van der Waals surface area (Å²) in [7, 11) is 0. The molecule has 0 spiro atoms. The van der Waals surface area contributed by atoms with Gasteiger partial charge in [-0.1, -0.05) is 16.6 Å². The third-order valence-electron chi connectivity index (χ3n) is 5.75. The van der Waals surface area contributed by atoms with Gasteiger partial charge in [0.2, 0.25) is 0 Å². The number of amidine groups is 1. The summed E-state index contributed by atoms with van der Waals surface area (Å²) in [5.41, 5.74) is 2.32. The second kappa shape index (κ2) is 5.44. The largest absolute Gasteiger partial charge is 0.369 e. The molecular weight excluding hydrogens is 363 g/mol. The minimum Gasteiger partial charge on any atom is -0.369 e. The molecule has 0 aliphatic carbocycles. The zero-order valence-electron chi connectivity index (χ0n) is 15.4. The van der Waals surface area contributed by atoms with Gasteiger partial charge in [-0.3, -0.25) is 0 Å². The lowest BCUT2D eigenvalue weighted by Gasteiger charge is -2.40. The van der Waals surface area contributed by atoms with Gasteiger partial charge >= 0.3 is 0 Å². The number of hydrogen-bond acceptors (Lipinski definition) is 8. The molecule has 28 heavy (non-hydrogen) atoms. The number of fused-ring (bicyclic) bond motifs is 6. The highest BCUT2D eigenvalue weighted by Gasteiger charge is 2.45. The fourth-order valence-electron chi connectivity index (χ4n) is 4.38. The molecule has 4 aliphatic heterocycles. The SMILES string of the molecule is CC1(c2cnnn2N2CN=C3c4ccccc4N4CN(F)C=C4N32)CCCO1. The summed E-state index contributed by atoms with van der Waals surface area (Å²) >= 11 is 0. The van der Waals surface area contributed by atoms with E-state index in [0.717, 1.165) is 42.2 Å². The van der Waals surface area contributed by atoms with E-state index in [2.05, 4.69) is 17.2 Å². The lowest BCUT2D eigenvalue weighted by atomic mass is 9.99. The molecule has 0 radical (unpaired) electrons. The van der Waals surface area contributed by atoms with E-state index in [0.29, 0.717) is 17.6 Å². The van der Waals surface area contributed by atoms with Crippen LogP contribution in [0.15, 0.2) is 47.5 Å². The first kappa shape index (κ1) is 15.9. The van der Waals surface area contributed by atoms with E-state index in [1.165, 1.54) is 6.20 Å². The van der Waals surface area contributed by atoms with Crippen molar-refractivity contribution < 1.29 is 9.22 Å². The molecule has 2 aromatic rings. The van der Waals surface area contributed by atoms with Crippen LogP contribution in [-0.4, -0.2) is 51.0 Å². The molecule has 1 unspecified atom stereocenters. The van der Waals surface area contributed by atoms with Crippen molar-refractivity contribution in [1.82, 2.24) is 25.2 Å². The van der Waals surface area contributed by atoms with Crippen LogP contribution in [0.5, 0.6) is 0 Å². The van der Waals surface area contributed by atoms with E-state index in [1.807, 2.05) is 39.3 Å². The number of halogens is 1. The summed E-state index contributed by atoms with van der Waals surface area (Å²) in [6, 6.07) is 7.91. The molecule has 1 saturated heterocycles. The van der Waals surface area contributed by atoms with Crippen LogP contribution < -0.4 is 10.0 Å². The molecule has 0 amide bonds. The smallest absolute Gasteiger partial charge is 0.162 e. The van der Waals surface area contributed by atoms with Gasteiger partial charge in [-0.15, -0.1) is 9.89 Å². The van der Waals surface area contributed by atoms with Crippen molar-refractivity contribution in [3.63, 3.8) is 0 Å². The van der Waals surface area contributed by atoms with Crippen LogP contribution >= 0.6 is 0 Å². The lowest BCUT2D eigenvalue weighted by Crippen LogP contribution is -2.54. The standard InChI is InChI=1S/C18H19FN8O/c1-18(7-4-8-28-18)15-9-21-22-27(15)25-11-20-17-13-5-2-3-6-14(13)24-12-23(19)10-16(24)26(17)25/h2-3,5-6,9-10H,4,7-8,11-12H2,1H3. The summed E-state index contributed by atoms with van der Waals surface area (Å²) in [4.78, 5) is 8.40. The van der Waals surface area contributed by atoms with E-state index in [1.54, 1.807) is 11.0 Å². The summed E-state index contributed by atoms with van der Waals surface area (Å²) in [5.74, 6) is 1.46. The van der Waals surface area contributed by atoms with Gasteiger partial charge in [-0.25, -0.2) is 4.99 Å². The molecule has 1 fully saturated rings. The maximum absolute atomic E-state index is 14.2. The number of aromatic nitrogens is 3. The van der Waals surface area contributed by atoms with Gasteiger partial charge < -0.3 is 9.64 Å². The molecule has 0 N–H and O–H groups in total. The van der Waals surface area contributed by atoms with Crippen molar-refractivity contribution in [2.45, 2.75) is 25.4 Å². The molecule has 0 bridgehead atoms. The van der Waals surface area contributed by atoms with Gasteiger partial charge in [0.05, 0.1) is 18.1 Å². The van der Waals surface area contributed by atoms with Crippen LogP contribution in [0.25, 0.3) is 0 Å². The average Bonchev–Trinajstić information content (AvgIpc) is 3.46. The Morgan fingerprint density at radius 3 is 3.00 bits per heavy atom. The molecule has 1 aromatic heterocycles. The number of benzene rings is 1. The molecule has 4 aliphatic rings. The van der Waals surface area contributed by atoms with Crippen molar-refractivity contribution in [1.29, 1.82) is 0 Å². The first-order chi connectivity index (χ1) is 13.7. The maximum atomic E-state index is 14.2. The number of ether oxygens (including phenoxy) is 1. The number of para-hydroxylation sites is 1. The van der Waals surface area contributed by atoms with E-state index >= 15 is 0 Å². The predicted octanol–water partition coefficient (Wildman–Crippen LogP) is 1.65. The molecule has 144 valence electrons. The van der Waals surface area contributed by atoms with Crippen LogP contribution in [0.4, 0.5) is 10.2 Å². The third kappa shape index (κ3) is 2.00. The normalized spacial score (nSPS) is 25.6. The van der Waals surface area contributed by atoms with Crippen LogP contribution in [0, 0.1) is 0 Å². The molecule has 5 heterocycles. The average molecular weight is 382 g/mol. The second-order valence-electron chi connectivity index (χ2n) is 7.47. The van der Waals surface area contributed by atoms with Crippen molar-refractivity contribution in [3.8, 4) is 0 Å². The Kier molecular flexibility index (Phi) is 3.09. The fraction of sp³-hybridized carbons (Fsp3) is 0.389. The number of hydrogen-bond donors (Lipinski definition) is 0. The summed E-state index contributed by atoms with van der Waals surface area (Å²) in [6.45, 7) is 3.27. The van der Waals surface area contributed by atoms with Crippen molar-refractivity contribution in [2.75, 3.05) is 30.0 Å². The highest BCUT2D eigenvalue weighted by atomic mass is 19.2. The fourth-order valence-corrected chi connectivity index (χ4v) is 4.38. The third-order valence-corrected chi connectivity index (χ3v) is 5.75. The van der Waals surface area contributed by atoms with Crippen molar-refractivity contribution in [2.24, 2.45) is 4.99 Å². The molecule has 9 nitrogen and oxygen atoms in total. The highest BCUT2D eigenvalue weighted by molar-refractivity contribution is 6.08. The topological polar surface area (TPSA) is 65.3 Å². The zero-order chi connectivity index (χ0) is 18.9. The summed E-state index contributed by atoms with van der Waals surface area (Å²) in [5, 5.41) is 12.9. The Hall–Kier alpha value is -3.14. The first-order valence-electron chi connectivity index (χ1n) is 9.34. The van der Waals surface area contributed by atoms with Crippen LogP contribution in [0.2, 0.25) is 0 Å². The zero-order valence-corrected chi connectivity index (χ0v) is 15.4.